The van der Waals surface area contributed by atoms with Gasteiger partial charge in [0.15, 0.2) is 12.6 Å². The first-order valence-corrected chi connectivity index (χ1v) is 20.3. The maximum atomic E-state index is 12.4. The van der Waals surface area contributed by atoms with E-state index >= 15 is 0 Å². The van der Waals surface area contributed by atoms with Crippen LogP contribution in [0, 0.1) is 45.3 Å². The van der Waals surface area contributed by atoms with Crippen molar-refractivity contribution < 1.29 is 59.8 Å². The van der Waals surface area contributed by atoms with Gasteiger partial charge in [-0.3, -0.25) is 0 Å². The second-order valence-electron chi connectivity index (χ2n) is 19.7. The monoisotopic (exact) mass is 754 g/mol. The second-order valence-corrected chi connectivity index (χ2v) is 19.7. The van der Waals surface area contributed by atoms with E-state index in [9.17, 15) is 40.9 Å². The molecule has 6 rings (SSSR count). The van der Waals surface area contributed by atoms with E-state index in [4.69, 9.17) is 18.9 Å². The first-order chi connectivity index (χ1) is 24.6. The third-order valence-electron chi connectivity index (χ3n) is 16.3. The smallest absolute Gasteiger partial charge is 0.187 e. The van der Waals surface area contributed by atoms with Crippen molar-refractivity contribution in [1.29, 1.82) is 0 Å². The van der Waals surface area contributed by atoms with E-state index in [1.54, 1.807) is 0 Å². The van der Waals surface area contributed by atoms with E-state index in [-0.39, 0.29) is 52.8 Å². The van der Waals surface area contributed by atoms with Crippen LogP contribution >= 0.6 is 0 Å². The molecule has 0 aromatic carbocycles. The standard InChI is InChI=1S/C41H70O12/c1-21(2)10-9-14-41(8,53-36-34(49)32(47)31(46)25(52-36)20-51-35-33(48)30(45)24(43)19-50-35)22-11-16-40(7)29(22)23(42)18-27-38(5)15-13-28(44)37(3,4)26(38)12-17-39(27,40)6/h10,22-36,42-49H,9,11-20H2,1-8H3/t22-,23-,24+,25-,26+,27+,28+,29-,30+,31+,32-,33-,34-,35-,36+,38-,39+,40-,41+/m1/s1. The van der Waals surface area contributed by atoms with Crippen LogP contribution in [0.1, 0.15) is 113 Å². The first kappa shape index (κ1) is 41.9. The Hall–Kier alpha value is -0.740. The van der Waals surface area contributed by atoms with Crippen molar-refractivity contribution in [3.63, 3.8) is 0 Å². The molecule has 2 saturated heterocycles. The molecular formula is C41H70O12. The summed E-state index contributed by atoms with van der Waals surface area (Å²) in [7, 11) is 0. The Morgan fingerprint density at radius 2 is 1.42 bits per heavy atom. The fourth-order valence-corrected chi connectivity index (χ4v) is 12.9. The Balaban J connectivity index is 1.26. The minimum Gasteiger partial charge on any atom is -0.393 e. The molecule has 306 valence electrons. The van der Waals surface area contributed by atoms with Gasteiger partial charge in [0.2, 0.25) is 0 Å². The number of ether oxygens (including phenoxy) is 4. The third-order valence-corrected chi connectivity index (χ3v) is 16.3. The van der Waals surface area contributed by atoms with Crippen LogP contribution in [0.5, 0.6) is 0 Å². The molecule has 2 heterocycles. The minimum atomic E-state index is -1.63. The Morgan fingerprint density at radius 3 is 2.09 bits per heavy atom. The number of rotatable bonds is 9. The molecule has 0 aromatic heterocycles. The minimum absolute atomic E-state index is 0.00324. The molecule has 8 N–H and O–H groups in total. The summed E-state index contributed by atoms with van der Waals surface area (Å²) in [4.78, 5) is 0. The van der Waals surface area contributed by atoms with Gasteiger partial charge in [0, 0.05) is 0 Å². The van der Waals surface area contributed by atoms with Gasteiger partial charge in [-0.1, -0.05) is 46.3 Å². The Morgan fingerprint density at radius 1 is 0.755 bits per heavy atom. The summed E-state index contributed by atoms with van der Waals surface area (Å²) >= 11 is 0. The van der Waals surface area contributed by atoms with Crippen molar-refractivity contribution in [2.45, 2.75) is 186 Å². The molecule has 6 fully saturated rings. The number of allylic oxidation sites excluding steroid dienone is 2. The van der Waals surface area contributed by atoms with E-state index in [0.717, 1.165) is 44.1 Å². The third kappa shape index (κ3) is 6.90. The quantitative estimate of drug-likeness (QED) is 0.161. The van der Waals surface area contributed by atoms with Gasteiger partial charge in [0.05, 0.1) is 31.0 Å². The number of aliphatic hydroxyl groups is 8. The molecule has 4 aliphatic carbocycles. The summed E-state index contributed by atoms with van der Waals surface area (Å²) in [5, 5.41) is 87.0. The molecule has 4 saturated carbocycles. The average Bonchev–Trinajstić information content (AvgIpc) is 3.47. The summed E-state index contributed by atoms with van der Waals surface area (Å²) < 4.78 is 24.1. The van der Waals surface area contributed by atoms with Crippen molar-refractivity contribution in [3.05, 3.63) is 11.6 Å². The van der Waals surface area contributed by atoms with Crippen LogP contribution in [0.25, 0.3) is 0 Å². The van der Waals surface area contributed by atoms with Crippen molar-refractivity contribution in [2.24, 2.45) is 45.3 Å². The summed E-state index contributed by atoms with van der Waals surface area (Å²) in [6.07, 6.45) is -4.18. The van der Waals surface area contributed by atoms with E-state index in [1.807, 2.05) is 20.8 Å². The van der Waals surface area contributed by atoms with Crippen LogP contribution in [0.2, 0.25) is 0 Å². The highest BCUT2D eigenvalue weighted by Gasteiger charge is 2.71. The van der Waals surface area contributed by atoms with Gasteiger partial charge in [0.25, 0.3) is 0 Å². The lowest BCUT2D eigenvalue weighted by Gasteiger charge is -2.70. The molecule has 0 amide bonds. The van der Waals surface area contributed by atoms with Crippen LogP contribution in [-0.2, 0) is 18.9 Å². The number of fused-ring (bicyclic) bond motifs is 5. The van der Waals surface area contributed by atoms with Gasteiger partial charge in [-0.2, -0.15) is 0 Å². The number of aliphatic hydroxyl groups excluding tert-OH is 8. The SMILES string of the molecule is CC(C)=CCC[C@](C)(O[C@@H]1O[C@H](CO[C@H]2OC[C@H](O)[C@H](O)[C@H]2O)[C@H](O)[C@@H](O)[C@H]1O)[C@@H]1CC[C@]2(C)[C@H]1[C@H](O)C[C@H]1[C@]3(C)CC[C@H](O)C(C)(C)[C@@H]3CC[C@@]12C. The van der Waals surface area contributed by atoms with Crippen LogP contribution in [0.15, 0.2) is 11.6 Å². The van der Waals surface area contributed by atoms with Gasteiger partial charge in [0.1, 0.15) is 42.7 Å². The van der Waals surface area contributed by atoms with Crippen LogP contribution in [0.3, 0.4) is 0 Å². The fraction of sp³-hybridized carbons (Fsp3) is 0.951. The molecule has 0 aromatic rings. The molecule has 2 aliphatic heterocycles. The summed E-state index contributed by atoms with van der Waals surface area (Å²) in [5.74, 6) is 0.469. The molecule has 0 bridgehead atoms. The summed E-state index contributed by atoms with van der Waals surface area (Å²) in [5.41, 5.74) is -0.185. The molecule has 12 heteroatoms. The lowest BCUT2D eigenvalue weighted by Crippen LogP contribution is -2.67. The van der Waals surface area contributed by atoms with Crippen molar-refractivity contribution in [3.8, 4) is 0 Å². The molecule has 0 spiro atoms. The van der Waals surface area contributed by atoms with Gasteiger partial charge >= 0.3 is 0 Å². The van der Waals surface area contributed by atoms with Crippen LogP contribution in [-0.4, -0.2) is 127 Å². The van der Waals surface area contributed by atoms with Gasteiger partial charge in [-0.25, -0.2) is 0 Å². The number of hydrogen-bond acceptors (Lipinski definition) is 12. The highest BCUT2D eigenvalue weighted by atomic mass is 16.7. The zero-order chi connectivity index (χ0) is 39.1. The van der Waals surface area contributed by atoms with E-state index in [0.29, 0.717) is 31.1 Å². The van der Waals surface area contributed by atoms with Gasteiger partial charge < -0.3 is 59.8 Å². The zero-order valence-corrected chi connectivity index (χ0v) is 33.2. The maximum Gasteiger partial charge on any atom is 0.187 e. The molecule has 19 atom stereocenters. The predicted molar refractivity (Wildman–Crippen MR) is 195 cm³/mol. The Labute approximate surface area is 315 Å². The summed E-state index contributed by atoms with van der Waals surface area (Å²) in [6, 6.07) is 0. The second kappa shape index (κ2) is 14.9. The van der Waals surface area contributed by atoms with E-state index in [2.05, 4.69) is 40.7 Å². The van der Waals surface area contributed by atoms with Crippen molar-refractivity contribution >= 4 is 0 Å². The largest absolute Gasteiger partial charge is 0.393 e. The van der Waals surface area contributed by atoms with Crippen molar-refractivity contribution in [1.82, 2.24) is 0 Å². The lowest BCUT2D eigenvalue weighted by molar-refractivity contribution is -0.345. The summed E-state index contributed by atoms with van der Waals surface area (Å²) in [6.45, 7) is 17.2. The van der Waals surface area contributed by atoms with Crippen LogP contribution < -0.4 is 0 Å². The van der Waals surface area contributed by atoms with Gasteiger partial charge in [-0.15, -0.1) is 0 Å². The highest BCUT2D eigenvalue weighted by molar-refractivity contribution is 5.20. The molecule has 0 unspecified atom stereocenters. The van der Waals surface area contributed by atoms with E-state index in [1.165, 1.54) is 0 Å². The topological polar surface area (TPSA) is 199 Å². The van der Waals surface area contributed by atoms with E-state index < -0.39 is 67.0 Å². The molecular weight excluding hydrogens is 684 g/mol. The molecule has 6 aliphatic rings. The number of hydrogen-bond donors (Lipinski definition) is 8. The predicted octanol–water partition coefficient (Wildman–Crippen LogP) is 2.79. The Bertz CT molecular complexity index is 1320. The van der Waals surface area contributed by atoms with Gasteiger partial charge in [-0.05, 0) is 124 Å². The fourth-order valence-electron chi connectivity index (χ4n) is 12.9. The first-order valence-electron chi connectivity index (χ1n) is 20.3. The van der Waals surface area contributed by atoms with Crippen molar-refractivity contribution in [2.75, 3.05) is 13.2 Å². The normalized spacial score (nSPS) is 52.1. The van der Waals surface area contributed by atoms with Crippen LogP contribution in [0.4, 0.5) is 0 Å². The zero-order valence-electron chi connectivity index (χ0n) is 33.2. The lowest BCUT2D eigenvalue weighted by atomic mass is 9.35. The molecule has 12 nitrogen and oxygen atoms in total. The average molecular weight is 755 g/mol. The Kier molecular flexibility index (Phi) is 11.8. The molecule has 0 radical (unpaired) electrons. The maximum absolute atomic E-state index is 12.4. The highest BCUT2D eigenvalue weighted by Crippen LogP contribution is 2.76. The molecule has 53 heavy (non-hydrogen) atoms.